The zero-order valence-corrected chi connectivity index (χ0v) is 33.0. The van der Waals surface area contributed by atoms with Gasteiger partial charge in [0.25, 0.3) is 0 Å². The molecular weight excluding hydrogens is 710 g/mol. The van der Waals surface area contributed by atoms with Gasteiger partial charge >= 0.3 is 6.09 Å². The number of ether oxygens (including phenoxy) is 2. The maximum atomic E-state index is 15.1. The lowest BCUT2D eigenvalue weighted by atomic mass is 9.57. The van der Waals surface area contributed by atoms with Crippen LogP contribution in [0.5, 0.6) is 0 Å². The van der Waals surface area contributed by atoms with E-state index in [1.807, 2.05) is 18.2 Å². The summed E-state index contributed by atoms with van der Waals surface area (Å²) in [5, 5.41) is 2.60. The van der Waals surface area contributed by atoms with Crippen molar-refractivity contribution < 1.29 is 31.9 Å². The number of hydrogen-bond acceptors (Lipinski definition) is 9. The second kappa shape index (κ2) is 16.1. The number of rotatable bonds is 12. The molecular formula is C41H58FN5O6S. The van der Waals surface area contributed by atoms with Crippen LogP contribution < -0.4 is 10.2 Å². The first kappa shape index (κ1) is 39.0. The first-order valence-electron chi connectivity index (χ1n) is 19.9. The Morgan fingerprint density at radius 2 is 1.65 bits per heavy atom. The Labute approximate surface area is 320 Å². The second-order valence-electron chi connectivity index (χ2n) is 16.5. The third-order valence-electron chi connectivity index (χ3n) is 13.5. The summed E-state index contributed by atoms with van der Waals surface area (Å²) in [5.41, 5.74) is 1.36. The highest BCUT2D eigenvalue weighted by Gasteiger charge is 2.54. The van der Waals surface area contributed by atoms with Crippen molar-refractivity contribution >= 4 is 27.5 Å². The number of halogens is 1. The normalized spacial score (nSPS) is 26.4. The zero-order valence-electron chi connectivity index (χ0n) is 32.2. The van der Waals surface area contributed by atoms with E-state index in [4.69, 9.17) is 9.47 Å². The SMILES string of the molecule is COC(=O)N[C@H]1CCC[C@@H]1[C@](CN1CCC1)(c1cccc(F)c1)C1CCN(CC2(OC)CN(c3ccc(S(=O)(=O)[C@@H]4CCCN(C(C)=O)C4)cc3)C2)CC1. The molecule has 0 bridgehead atoms. The predicted octanol–water partition coefficient (Wildman–Crippen LogP) is 4.70. The minimum Gasteiger partial charge on any atom is -0.453 e. The van der Waals surface area contributed by atoms with E-state index in [1.54, 1.807) is 30.2 Å². The summed E-state index contributed by atoms with van der Waals surface area (Å²) < 4.78 is 53.2. The van der Waals surface area contributed by atoms with Crippen LogP contribution in [0.15, 0.2) is 53.4 Å². The van der Waals surface area contributed by atoms with Gasteiger partial charge in [-0.25, -0.2) is 17.6 Å². The molecule has 4 heterocycles. The first-order chi connectivity index (χ1) is 26.0. The van der Waals surface area contributed by atoms with Gasteiger partial charge in [0.2, 0.25) is 5.91 Å². The van der Waals surface area contributed by atoms with Gasteiger partial charge in [0.05, 0.1) is 30.3 Å². The highest BCUT2D eigenvalue weighted by molar-refractivity contribution is 7.92. The minimum atomic E-state index is -3.55. The summed E-state index contributed by atoms with van der Waals surface area (Å²) in [5.74, 6) is 0.179. The summed E-state index contributed by atoms with van der Waals surface area (Å²) in [7, 11) is -0.356. The van der Waals surface area contributed by atoms with Crippen molar-refractivity contribution in [3.05, 3.63) is 59.9 Å². The van der Waals surface area contributed by atoms with Crippen molar-refractivity contribution in [3.63, 3.8) is 0 Å². The number of nitrogens with zero attached hydrogens (tertiary/aromatic N) is 4. The summed E-state index contributed by atoms with van der Waals surface area (Å²) in [4.78, 5) is 33.7. The average molecular weight is 768 g/mol. The van der Waals surface area contributed by atoms with Crippen LogP contribution in [0.4, 0.5) is 14.9 Å². The molecule has 2 amide bonds. The highest BCUT2D eigenvalue weighted by Crippen LogP contribution is 2.51. The molecule has 1 saturated carbocycles. The second-order valence-corrected chi connectivity index (χ2v) is 18.8. The summed E-state index contributed by atoms with van der Waals surface area (Å²) >= 11 is 0. The summed E-state index contributed by atoms with van der Waals surface area (Å²) in [6.45, 7) is 9.32. The van der Waals surface area contributed by atoms with Crippen LogP contribution >= 0.6 is 0 Å². The van der Waals surface area contributed by atoms with Crippen LogP contribution in [-0.2, 0) is 29.5 Å². The zero-order chi connectivity index (χ0) is 38.1. The van der Waals surface area contributed by atoms with E-state index in [1.165, 1.54) is 26.5 Å². The molecule has 7 rings (SSSR count). The Morgan fingerprint density at radius 1 is 0.907 bits per heavy atom. The van der Waals surface area contributed by atoms with Crippen molar-refractivity contribution in [1.29, 1.82) is 0 Å². The van der Waals surface area contributed by atoms with Crippen LogP contribution in [0.25, 0.3) is 0 Å². The van der Waals surface area contributed by atoms with Crippen LogP contribution in [-0.4, -0.2) is 132 Å². The lowest BCUT2D eigenvalue weighted by Gasteiger charge is -2.55. The number of carbonyl (C=O) groups is 2. The molecule has 0 spiro atoms. The van der Waals surface area contributed by atoms with Gasteiger partial charge in [-0.3, -0.25) is 4.79 Å². The van der Waals surface area contributed by atoms with Gasteiger partial charge in [0.1, 0.15) is 11.4 Å². The van der Waals surface area contributed by atoms with Crippen molar-refractivity contribution in [2.24, 2.45) is 11.8 Å². The largest absolute Gasteiger partial charge is 0.453 e. The molecule has 5 fully saturated rings. The Balaban J connectivity index is 1.02. The van der Waals surface area contributed by atoms with Crippen molar-refractivity contribution in [2.75, 3.05) is 84.6 Å². The van der Waals surface area contributed by atoms with E-state index in [0.717, 1.165) is 82.6 Å². The Bertz CT molecular complexity index is 1740. The van der Waals surface area contributed by atoms with Gasteiger partial charge in [-0.2, -0.15) is 0 Å². The number of carbonyl (C=O) groups excluding carboxylic acids is 2. The summed E-state index contributed by atoms with van der Waals surface area (Å²) in [6, 6.07) is 14.4. The number of nitrogens with one attached hydrogen (secondary N) is 1. The summed E-state index contributed by atoms with van der Waals surface area (Å²) in [6.07, 6.45) is 6.84. The van der Waals surface area contributed by atoms with E-state index in [0.29, 0.717) is 43.3 Å². The quantitative estimate of drug-likeness (QED) is 0.329. The van der Waals surface area contributed by atoms with Gasteiger partial charge < -0.3 is 34.4 Å². The molecule has 54 heavy (non-hydrogen) atoms. The topological polar surface area (TPSA) is 112 Å². The molecule has 0 aromatic heterocycles. The molecule has 4 saturated heterocycles. The number of likely N-dealkylation sites (tertiary alicyclic amines) is 3. The van der Waals surface area contributed by atoms with Crippen molar-refractivity contribution in [2.45, 2.75) is 85.5 Å². The third-order valence-corrected chi connectivity index (χ3v) is 15.7. The molecule has 296 valence electrons. The van der Waals surface area contributed by atoms with E-state index < -0.39 is 21.2 Å². The molecule has 0 unspecified atom stereocenters. The van der Waals surface area contributed by atoms with Gasteiger partial charge in [0, 0.05) is 57.4 Å². The average Bonchev–Trinajstić information content (AvgIpc) is 3.61. The monoisotopic (exact) mass is 767 g/mol. The van der Waals surface area contributed by atoms with Crippen molar-refractivity contribution in [3.8, 4) is 0 Å². The van der Waals surface area contributed by atoms with E-state index in [9.17, 15) is 18.0 Å². The van der Waals surface area contributed by atoms with Gasteiger partial charge in [0.15, 0.2) is 9.84 Å². The number of hydrogen-bond donors (Lipinski definition) is 1. The van der Waals surface area contributed by atoms with Gasteiger partial charge in [-0.15, -0.1) is 0 Å². The number of methoxy groups -OCH3 is 2. The van der Waals surface area contributed by atoms with Crippen LogP contribution in [0.1, 0.15) is 63.9 Å². The maximum absolute atomic E-state index is 15.1. The Kier molecular flexibility index (Phi) is 11.6. The molecule has 5 aliphatic rings. The molecule has 4 atom stereocenters. The number of piperidine rings is 2. The molecule has 1 aliphatic carbocycles. The van der Waals surface area contributed by atoms with Crippen LogP contribution in [0.2, 0.25) is 0 Å². The molecule has 2 aromatic rings. The standard InChI is InChI=1S/C41H58FN5O6S/c1-30(48)46-21-6-10-36(25-46)54(50,51)35-15-13-34(14-16-35)47-27-40(28-47,53-3)26-45-22-17-31(18-23-45)41(29-44-19-7-20-44,32-8-4-9-33(42)24-32)37-11-5-12-38(37)43-39(49)52-2/h4,8-9,13-16,24,31,36-38H,5-7,10-12,17-23,25-29H2,1-3H3,(H,43,49)/t36-,37+,38+,41+/m1/s1. The smallest absolute Gasteiger partial charge is 0.407 e. The lowest BCUT2D eigenvalue weighted by molar-refractivity contribution is -0.129. The van der Waals surface area contributed by atoms with Crippen LogP contribution in [0.3, 0.4) is 0 Å². The van der Waals surface area contributed by atoms with E-state index in [2.05, 4.69) is 26.1 Å². The van der Waals surface area contributed by atoms with Crippen molar-refractivity contribution in [1.82, 2.24) is 20.0 Å². The third kappa shape index (κ3) is 7.75. The molecule has 0 radical (unpaired) electrons. The molecule has 4 aliphatic heterocycles. The fraction of sp³-hybridized carbons (Fsp3) is 0.659. The lowest BCUT2D eigenvalue weighted by Crippen LogP contribution is -2.68. The molecule has 2 aromatic carbocycles. The maximum Gasteiger partial charge on any atom is 0.407 e. The fourth-order valence-corrected chi connectivity index (χ4v) is 12.1. The number of benzene rings is 2. The Morgan fingerprint density at radius 3 is 2.28 bits per heavy atom. The Hall–Kier alpha value is -3.26. The minimum absolute atomic E-state index is 0.0312. The van der Waals surface area contributed by atoms with E-state index >= 15 is 4.39 Å². The molecule has 11 nitrogen and oxygen atoms in total. The van der Waals surface area contributed by atoms with Gasteiger partial charge in [-0.05, 0) is 125 Å². The first-order valence-corrected chi connectivity index (χ1v) is 21.5. The number of amides is 2. The number of sulfone groups is 1. The molecule has 1 N–H and O–H groups in total. The predicted molar refractivity (Wildman–Crippen MR) is 206 cm³/mol. The molecule has 13 heteroatoms. The number of alkyl carbamates (subject to hydrolysis) is 1. The number of anilines is 1. The van der Waals surface area contributed by atoms with Crippen LogP contribution in [0, 0.1) is 17.7 Å². The van der Waals surface area contributed by atoms with E-state index in [-0.39, 0.29) is 41.2 Å². The van der Waals surface area contributed by atoms with Gasteiger partial charge in [-0.1, -0.05) is 18.6 Å². The fourth-order valence-electron chi connectivity index (χ4n) is 10.4. The highest BCUT2D eigenvalue weighted by atomic mass is 32.2.